The van der Waals surface area contributed by atoms with E-state index >= 15 is 0 Å². The Balaban J connectivity index is 1.44. The number of benzene rings is 3. The minimum absolute atomic E-state index is 0.0590. The number of ether oxygens (including phenoxy) is 1. The SMILES string of the molecule is O=C(Nc1ccc(NC(=O)C2CC2)cc1)c1ccccc1Oc1ccccc1. The highest BCUT2D eigenvalue weighted by atomic mass is 16.5. The van der Waals surface area contributed by atoms with Gasteiger partial charge in [-0.3, -0.25) is 9.59 Å². The van der Waals surface area contributed by atoms with Crippen LogP contribution in [0.3, 0.4) is 0 Å². The molecular weight excluding hydrogens is 352 g/mol. The van der Waals surface area contributed by atoms with Crippen molar-refractivity contribution in [1.29, 1.82) is 0 Å². The van der Waals surface area contributed by atoms with E-state index in [-0.39, 0.29) is 17.7 Å². The van der Waals surface area contributed by atoms with Crippen molar-refractivity contribution < 1.29 is 14.3 Å². The molecule has 0 radical (unpaired) electrons. The summed E-state index contributed by atoms with van der Waals surface area (Å²) in [5.74, 6) is 1.10. The van der Waals surface area contributed by atoms with Crippen LogP contribution in [-0.2, 0) is 4.79 Å². The molecule has 2 amide bonds. The molecule has 2 N–H and O–H groups in total. The van der Waals surface area contributed by atoms with E-state index in [4.69, 9.17) is 4.74 Å². The molecule has 5 nitrogen and oxygen atoms in total. The van der Waals surface area contributed by atoms with Crippen molar-refractivity contribution in [2.45, 2.75) is 12.8 Å². The molecule has 0 saturated heterocycles. The van der Waals surface area contributed by atoms with Crippen LogP contribution in [0.2, 0.25) is 0 Å². The van der Waals surface area contributed by atoms with E-state index in [1.54, 1.807) is 42.5 Å². The normalized spacial score (nSPS) is 12.9. The van der Waals surface area contributed by atoms with Crippen molar-refractivity contribution in [3.8, 4) is 11.5 Å². The maximum absolute atomic E-state index is 12.7. The van der Waals surface area contributed by atoms with Gasteiger partial charge in [0.1, 0.15) is 11.5 Å². The van der Waals surface area contributed by atoms with Gasteiger partial charge in [-0.1, -0.05) is 30.3 Å². The molecule has 0 spiro atoms. The number of nitrogens with one attached hydrogen (secondary N) is 2. The Morgan fingerprint density at radius 2 is 1.36 bits per heavy atom. The minimum atomic E-state index is -0.263. The lowest BCUT2D eigenvalue weighted by Gasteiger charge is -2.12. The predicted octanol–water partition coefficient (Wildman–Crippen LogP) is 5.08. The maximum Gasteiger partial charge on any atom is 0.259 e. The molecule has 0 aliphatic heterocycles. The highest BCUT2D eigenvalue weighted by Crippen LogP contribution is 2.30. The van der Waals surface area contributed by atoms with Gasteiger partial charge in [0.25, 0.3) is 5.91 Å². The molecule has 1 fully saturated rings. The first-order valence-electron chi connectivity index (χ1n) is 9.23. The van der Waals surface area contributed by atoms with Gasteiger partial charge in [0.2, 0.25) is 5.91 Å². The fraction of sp³-hybridized carbons (Fsp3) is 0.130. The Kier molecular flexibility index (Phi) is 5.06. The summed E-state index contributed by atoms with van der Waals surface area (Å²) in [7, 11) is 0. The smallest absolute Gasteiger partial charge is 0.259 e. The number of hydrogen-bond donors (Lipinski definition) is 2. The van der Waals surface area contributed by atoms with E-state index in [1.165, 1.54) is 0 Å². The average molecular weight is 372 g/mol. The van der Waals surface area contributed by atoms with Crippen LogP contribution in [0.15, 0.2) is 78.9 Å². The molecule has 1 aliphatic carbocycles. The molecule has 28 heavy (non-hydrogen) atoms. The van der Waals surface area contributed by atoms with Gasteiger partial charge in [0.05, 0.1) is 5.56 Å². The Hall–Kier alpha value is -3.60. The van der Waals surface area contributed by atoms with Gasteiger partial charge in [-0.2, -0.15) is 0 Å². The largest absolute Gasteiger partial charge is 0.457 e. The minimum Gasteiger partial charge on any atom is -0.457 e. The fourth-order valence-corrected chi connectivity index (χ4v) is 2.78. The van der Waals surface area contributed by atoms with Crippen molar-refractivity contribution in [3.63, 3.8) is 0 Å². The average Bonchev–Trinajstić information content (AvgIpc) is 3.56. The second-order valence-corrected chi connectivity index (χ2v) is 6.71. The molecule has 3 aromatic rings. The summed E-state index contributed by atoms with van der Waals surface area (Å²) in [6.45, 7) is 0. The lowest BCUT2D eigenvalue weighted by molar-refractivity contribution is -0.117. The molecule has 0 aromatic heterocycles. The van der Waals surface area contributed by atoms with Crippen LogP contribution in [0.5, 0.6) is 11.5 Å². The van der Waals surface area contributed by atoms with E-state index in [0.29, 0.717) is 22.7 Å². The van der Waals surface area contributed by atoms with Crippen LogP contribution < -0.4 is 15.4 Å². The molecule has 0 bridgehead atoms. The summed E-state index contributed by atoms with van der Waals surface area (Å²) in [5.41, 5.74) is 1.81. The predicted molar refractivity (Wildman–Crippen MR) is 109 cm³/mol. The molecule has 1 aliphatic rings. The number of anilines is 2. The van der Waals surface area contributed by atoms with Crippen LogP contribution in [0, 0.1) is 5.92 Å². The van der Waals surface area contributed by atoms with E-state index < -0.39 is 0 Å². The van der Waals surface area contributed by atoms with Crippen LogP contribution in [-0.4, -0.2) is 11.8 Å². The third-order valence-electron chi connectivity index (χ3n) is 4.46. The van der Waals surface area contributed by atoms with Gasteiger partial charge in [-0.05, 0) is 61.4 Å². The standard InChI is InChI=1S/C23H20N2O3/c26-22(16-10-11-16)24-17-12-14-18(15-13-17)25-23(27)20-8-4-5-9-21(20)28-19-6-2-1-3-7-19/h1-9,12-16H,10-11H2,(H,24,26)(H,25,27). The quantitative estimate of drug-likeness (QED) is 0.634. The number of amides is 2. The number of hydrogen-bond acceptors (Lipinski definition) is 3. The van der Waals surface area contributed by atoms with E-state index in [9.17, 15) is 9.59 Å². The van der Waals surface area contributed by atoms with Gasteiger partial charge < -0.3 is 15.4 Å². The lowest BCUT2D eigenvalue weighted by atomic mass is 10.1. The molecule has 5 heteroatoms. The zero-order valence-electron chi connectivity index (χ0n) is 15.2. The van der Waals surface area contributed by atoms with Gasteiger partial charge in [-0.25, -0.2) is 0 Å². The van der Waals surface area contributed by atoms with Crippen LogP contribution in [0.25, 0.3) is 0 Å². The number of rotatable bonds is 6. The molecule has 4 rings (SSSR count). The zero-order chi connectivity index (χ0) is 19.3. The Morgan fingerprint density at radius 3 is 2.04 bits per heavy atom. The summed E-state index contributed by atoms with van der Waals surface area (Å²) in [6, 6.07) is 23.5. The van der Waals surface area contributed by atoms with E-state index in [0.717, 1.165) is 18.5 Å². The summed E-state index contributed by atoms with van der Waals surface area (Å²) >= 11 is 0. The van der Waals surface area contributed by atoms with Crippen molar-refractivity contribution in [2.24, 2.45) is 5.92 Å². The van der Waals surface area contributed by atoms with Crippen molar-refractivity contribution in [3.05, 3.63) is 84.4 Å². The molecule has 0 unspecified atom stereocenters. The summed E-state index contributed by atoms with van der Waals surface area (Å²) in [4.78, 5) is 24.5. The summed E-state index contributed by atoms with van der Waals surface area (Å²) < 4.78 is 5.85. The van der Waals surface area contributed by atoms with Crippen LogP contribution in [0.1, 0.15) is 23.2 Å². The van der Waals surface area contributed by atoms with Gasteiger partial charge >= 0.3 is 0 Å². The molecule has 140 valence electrons. The van der Waals surface area contributed by atoms with Crippen molar-refractivity contribution >= 4 is 23.2 Å². The molecule has 1 saturated carbocycles. The molecular formula is C23H20N2O3. The van der Waals surface area contributed by atoms with Crippen molar-refractivity contribution in [1.82, 2.24) is 0 Å². The van der Waals surface area contributed by atoms with Crippen molar-refractivity contribution in [2.75, 3.05) is 10.6 Å². The second-order valence-electron chi connectivity index (χ2n) is 6.71. The maximum atomic E-state index is 12.7. The Labute approximate surface area is 163 Å². The molecule has 0 atom stereocenters. The highest BCUT2D eigenvalue weighted by molar-refractivity contribution is 6.06. The first-order chi connectivity index (χ1) is 13.7. The van der Waals surface area contributed by atoms with Crippen LogP contribution in [0.4, 0.5) is 11.4 Å². The topological polar surface area (TPSA) is 67.4 Å². The third-order valence-corrected chi connectivity index (χ3v) is 4.46. The third kappa shape index (κ3) is 4.38. The number of para-hydroxylation sites is 2. The zero-order valence-corrected chi connectivity index (χ0v) is 15.2. The first-order valence-corrected chi connectivity index (χ1v) is 9.23. The van der Waals surface area contributed by atoms with Gasteiger partial charge in [0.15, 0.2) is 0 Å². The van der Waals surface area contributed by atoms with Gasteiger partial charge in [-0.15, -0.1) is 0 Å². The van der Waals surface area contributed by atoms with Gasteiger partial charge in [0, 0.05) is 17.3 Å². The lowest BCUT2D eigenvalue weighted by Crippen LogP contribution is -2.14. The summed E-state index contributed by atoms with van der Waals surface area (Å²) in [6.07, 6.45) is 1.93. The first kappa shape index (κ1) is 17.8. The van der Waals surface area contributed by atoms with E-state index in [2.05, 4.69) is 10.6 Å². The van der Waals surface area contributed by atoms with Crippen LogP contribution >= 0.6 is 0 Å². The molecule has 3 aromatic carbocycles. The molecule has 0 heterocycles. The number of carbonyl (C=O) groups is 2. The summed E-state index contributed by atoms with van der Waals surface area (Å²) in [5, 5.41) is 5.75. The Bertz CT molecular complexity index is 980. The highest BCUT2D eigenvalue weighted by Gasteiger charge is 2.29. The number of carbonyl (C=O) groups excluding carboxylic acids is 2. The second kappa shape index (κ2) is 7.96. The fourth-order valence-electron chi connectivity index (χ4n) is 2.78. The Morgan fingerprint density at radius 1 is 0.750 bits per heavy atom. The van der Waals surface area contributed by atoms with E-state index in [1.807, 2.05) is 36.4 Å². The monoisotopic (exact) mass is 372 g/mol.